The molecule has 1 aromatic rings. The number of aliphatic hydroxyl groups is 3. The van der Waals surface area contributed by atoms with Gasteiger partial charge in [0.25, 0.3) is 0 Å². The monoisotopic (exact) mass is 970 g/mol. The van der Waals surface area contributed by atoms with E-state index in [9.17, 15) is 23.9 Å². The van der Waals surface area contributed by atoms with Crippen LogP contribution >= 0.6 is 0 Å². The first-order chi connectivity index (χ1) is 32.7. The van der Waals surface area contributed by atoms with Crippen LogP contribution in [0.4, 0.5) is 10.1 Å². The lowest BCUT2D eigenvalue weighted by atomic mass is 9.85. The highest BCUT2D eigenvalue weighted by molar-refractivity contribution is 5.91. The number of hydrogen-bond donors (Lipinski definition) is 7. The van der Waals surface area contributed by atoms with Gasteiger partial charge in [0.1, 0.15) is 18.1 Å². The van der Waals surface area contributed by atoms with E-state index in [0.29, 0.717) is 50.2 Å². The predicted molar refractivity (Wildman–Crippen MR) is 274 cm³/mol. The Morgan fingerprint density at radius 2 is 1.49 bits per heavy atom. The molecule has 0 saturated carbocycles. The number of amides is 3. The molecule has 15 nitrogen and oxygen atoms in total. The van der Waals surface area contributed by atoms with Gasteiger partial charge in [0, 0.05) is 65.0 Å². The summed E-state index contributed by atoms with van der Waals surface area (Å²) >= 11 is 0. The van der Waals surface area contributed by atoms with Crippen molar-refractivity contribution in [1.82, 2.24) is 31.1 Å². The number of nitrogens with zero attached hydrogens (tertiary/aromatic N) is 3. The summed E-state index contributed by atoms with van der Waals surface area (Å²) in [5.74, 6) is -0.744. The van der Waals surface area contributed by atoms with Crippen LogP contribution in [-0.2, 0) is 23.9 Å². The minimum Gasteiger partial charge on any atom is -0.400 e. The second-order valence-corrected chi connectivity index (χ2v) is 20.2. The molecular formula is C53H88FN7O8. The topological polar surface area (TPSA) is 188 Å². The van der Waals surface area contributed by atoms with Crippen molar-refractivity contribution in [2.75, 3.05) is 60.2 Å². The Labute approximate surface area is 413 Å². The zero-order valence-corrected chi connectivity index (χ0v) is 44.1. The summed E-state index contributed by atoms with van der Waals surface area (Å²) in [6.45, 7) is 23.8. The molecule has 3 saturated heterocycles. The van der Waals surface area contributed by atoms with E-state index in [1.165, 1.54) is 12.1 Å². The number of ether oxygens (including phenoxy) is 2. The highest BCUT2D eigenvalue weighted by Gasteiger charge is 2.44. The van der Waals surface area contributed by atoms with Gasteiger partial charge in [-0.15, -0.1) is 0 Å². The van der Waals surface area contributed by atoms with Crippen LogP contribution in [0.3, 0.4) is 0 Å². The maximum absolute atomic E-state index is 14.3. The van der Waals surface area contributed by atoms with Crippen LogP contribution in [0.5, 0.6) is 0 Å². The first kappa shape index (κ1) is 60.9. The number of carbonyl (C=O) groups is 3. The van der Waals surface area contributed by atoms with Gasteiger partial charge >= 0.3 is 0 Å². The largest absolute Gasteiger partial charge is 0.400 e. The molecule has 3 aliphatic rings. The van der Waals surface area contributed by atoms with E-state index in [4.69, 9.17) is 19.7 Å². The maximum atomic E-state index is 14.3. The van der Waals surface area contributed by atoms with E-state index in [1.807, 2.05) is 63.9 Å². The van der Waals surface area contributed by atoms with E-state index < -0.39 is 29.8 Å². The maximum Gasteiger partial charge on any atom is 0.247 e. The highest BCUT2D eigenvalue weighted by atomic mass is 19.1. The Morgan fingerprint density at radius 1 is 0.884 bits per heavy atom. The highest BCUT2D eigenvalue weighted by Crippen LogP contribution is 2.38. The number of nitrogens with one attached hydrogen (secondary N) is 4. The summed E-state index contributed by atoms with van der Waals surface area (Å²) in [6.07, 6.45) is 14.7. The molecule has 0 spiro atoms. The molecule has 3 heterocycles. The average Bonchev–Trinajstić information content (AvgIpc) is 4.07. The van der Waals surface area contributed by atoms with Gasteiger partial charge in [-0.3, -0.25) is 24.6 Å². The Hall–Kier alpha value is -4.26. The lowest BCUT2D eigenvalue weighted by molar-refractivity contribution is -0.142. The predicted octanol–water partition coefficient (Wildman–Crippen LogP) is 5.76. The van der Waals surface area contributed by atoms with Crippen molar-refractivity contribution < 1.29 is 43.6 Å². The molecule has 7 N–H and O–H groups in total. The van der Waals surface area contributed by atoms with Crippen LogP contribution in [0, 0.1) is 22.6 Å². The van der Waals surface area contributed by atoms with Crippen LogP contribution in [0.25, 0.3) is 0 Å². The van der Waals surface area contributed by atoms with Crippen molar-refractivity contribution in [3.05, 3.63) is 90.1 Å². The van der Waals surface area contributed by atoms with E-state index in [2.05, 4.69) is 73.4 Å². The van der Waals surface area contributed by atoms with Gasteiger partial charge in [-0.1, -0.05) is 86.3 Å². The van der Waals surface area contributed by atoms with Crippen molar-refractivity contribution >= 4 is 23.4 Å². The fraction of sp³-hybridized carbons (Fsp3) is 0.642. The summed E-state index contributed by atoms with van der Waals surface area (Å²) < 4.78 is 25.7. The lowest BCUT2D eigenvalue weighted by Gasteiger charge is -2.40. The molecule has 0 bridgehead atoms. The summed E-state index contributed by atoms with van der Waals surface area (Å²) in [5.41, 5.74) is 2.24. The third kappa shape index (κ3) is 17.2. The third-order valence-corrected chi connectivity index (χ3v) is 12.8. The van der Waals surface area contributed by atoms with Crippen molar-refractivity contribution in [2.24, 2.45) is 16.7 Å². The van der Waals surface area contributed by atoms with Gasteiger partial charge in [0.15, 0.2) is 0 Å². The summed E-state index contributed by atoms with van der Waals surface area (Å²) in [4.78, 5) is 47.2. The number of likely N-dealkylation sites (N-methyl/N-ethyl adjacent to an activating group) is 1. The normalized spacial score (nSPS) is 22.9. The molecule has 3 amide bonds. The van der Waals surface area contributed by atoms with E-state index in [1.54, 1.807) is 37.3 Å². The molecule has 4 rings (SSSR count). The third-order valence-electron chi connectivity index (χ3n) is 12.8. The SMILES string of the molecule is C=C(/C=C\C(=C/C)[C@H]1CC(OC)[C@H](C/C=C\C(=C/C(C)C)NC(=O)[C@@H]2CCCN2C(O)C(NC)C(C)(C)C)N1c1ccc(F)cc1)NC(=O)C1CCCN1C(=O)C(NCOC)C(C)(C)C.CO.CO. The zero-order valence-electron chi connectivity index (χ0n) is 44.1. The van der Waals surface area contributed by atoms with Crippen molar-refractivity contribution in [1.29, 1.82) is 0 Å². The Bertz CT molecular complexity index is 1890. The number of methoxy groups -OCH3 is 2. The second kappa shape index (κ2) is 29.2. The zero-order chi connectivity index (χ0) is 52.2. The molecule has 16 heteroatoms. The number of halogens is 1. The van der Waals surface area contributed by atoms with Gasteiger partial charge in [0.2, 0.25) is 17.7 Å². The van der Waals surface area contributed by atoms with Crippen LogP contribution in [0.1, 0.15) is 101 Å². The van der Waals surface area contributed by atoms with E-state index in [-0.39, 0.29) is 65.8 Å². The molecule has 1 aromatic carbocycles. The molecule has 3 aliphatic heterocycles. The summed E-state index contributed by atoms with van der Waals surface area (Å²) in [7, 11) is 7.11. The molecule has 3 fully saturated rings. The van der Waals surface area contributed by atoms with Crippen LogP contribution in [0.2, 0.25) is 0 Å². The summed E-state index contributed by atoms with van der Waals surface area (Å²) in [5, 5.41) is 38.0. The number of carbonyl (C=O) groups excluding carboxylic acids is 3. The molecule has 69 heavy (non-hydrogen) atoms. The van der Waals surface area contributed by atoms with E-state index >= 15 is 0 Å². The standard InChI is InChI=1S/C51H80FN7O6.2CH4O/c1-14-35(23-22-34(4)55-46(60)40-20-16-29-58(40)49(63)45(51(8,9)10)54-32-64-12)42-31-43(65-13)39(59(42)38-26-24-36(52)25-27-38)19-15-18-37(30-33(2)3)56-47(61)41-21-17-28-57(41)48(62)44(53-11)50(5,6)7;2*1-2/h14-15,18,22-27,30,33,39-45,48,53-54,62H,4,16-17,19-21,28-29,31-32H2,1-3,5-13H3,(H,55,60)(H,56,61);2*2H,1H3/b18-15-,23-22-,35-14+,37-30+;;/t39-,40?,41-,42+,43?,44?,45?,48?;;/m0../s1. The quantitative estimate of drug-likeness (QED) is 0.0620. The fourth-order valence-electron chi connectivity index (χ4n) is 9.65. The molecule has 0 aromatic heterocycles. The number of anilines is 1. The molecule has 0 aliphatic carbocycles. The number of hydrogen-bond acceptors (Lipinski definition) is 12. The van der Waals surface area contributed by atoms with Crippen molar-refractivity contribution in [2.45, 2.75) is 149 Å². The average molecular weight is 970 g/mol. The number of benzene rings is 1. The lowest BCUT2D eigenvalue weighted by Crippen LogP contribution is -2.58. The Kier molecular flexibility index (Phi) is 25.7. The van der Waals surface area contributed by atoms with E-state index in [0.717, 1.165) is 38.3 Å². The second-order valence-electron chi connectivity index (χ2n) is 20.2. The van der Waals surface area contributed by atoms with Gasteiger partial charge in [0.05, 0.1) is 43.0 Å². The number of likely N-dealkylation sites (tertiary alicyclic amines) is 2. The van der Waals surface area contributed by atoms with Gasteiger partial charge in [-0.05, 0) is 105 Å². The summed E-state index contributed by atoms with van der Waals surface area (Å²) in [6, 6.07) is 4.29. The Morgan fingerprint density at radius 3 is 2.04 bits per heavy atom. The molecule has 5 unspecified atom stereocenters. The minimum absolute atomic E-state index is 0.132. The van der Waals surface area contributed by atoms with Gasteiger partial charge < -0.3 is 50.5 Å². The first-order valence-corrected chi connectivity index (χ1v) is 24.3. The molecule has 8 atom stereocenters. The number of allylic oxidation sites excluding steroid dienone is 4. The molecule has 0 radical (unpaired) electrons. The van der Waals surface area contributed by atoms with Gasteiger partial charge in [-0.25, -0.2) is 4.39 Å². The minimum atomic E-state index is -0.824. The first-order valence-electron chi connectivity index (χ1n) is 24.3. The smallest absolute Gasteiger partial charge is 0.247 e. The number of rotatable bonds is 20. The molecular weight excluding hydrogens is 882 g/mol. The number of aliphatic hydroxyl groups excluding tert-OH is 3. The van der Waals surface area contributed by atoms with Crippen LogP contribution < -0.4 is 26.2 Å². The van der Waals surface area contributed by atoms with Crippen LogP contribution in [-0.4, -0.2) is 147 Å². The van der Waals surface area contributed by atoms with Crippen LogP contribution in [0.15, 0.2) is 84.3 Å². The Balaban J connectivity index is 0.00000397. The van der Waals surface area contributed by atoms with Crippen molar-refractivity contribution in [3.63, 3.8) is 0 Å². The fourth-order valence-corrected chi connectivity index (χ4v) is 9.65. The van der Waals surface area contributed by atoms with Crippen molar-refractivity contribution in [3.8, 4) is 0 Å². The van der Waals surface area contributed by atoms with Gasteiger partial charge in [-0.2, -0.15) is 0 Å². The molecule has 390 valence electrons.